The van der Waals surface area contributed by atoms with E-state index in [2.05, 4.69) is 27.4 Å². The molecule has 1 atom stereocenters. The van der Waals surface area contributed by atoms with Gasteiger partial charge in [0.05, 0.1) is 0 Å². The Kier molecular flexibility index (Phi) is 2.53. The van der Waals surface area contributed by atoms with Crippen LogP contribution in [-0.4, -0.2) is 0 Å². The highest BCUT2D eigenvalue weighted by Crippen LogP contribution is 2.38. The van der Waals surface area contributed by atoms with Gasteiger partial charge in [0.2, 0.25) is 0 Å². The molecular weight excluding hydrogens is 234 g/mol. The molecule has 0 amide bonds. The lowest BCUT2D eigenvalue weighted by Gasteiger charge is -2.30. The molecule has 3 heteroatoms. The zero-order valence-electron chi connectivity index (χ0n) is 6.79. The van der Waals surface area contributed by atoms with Crippen molar-refractivity contribution in [2.24, 2.45) is 11.7 Å². The van der Waals surface area contributed by atoms with Gasteiger partial charge in [-0.15, -0.1) is 11.3 Å². The van der Waals surface area contributed by atoms with Crippen molar-refractivity contribution < 1.29 is 0 Å². The van der Waals surface area contributed by atoms with E-state index in [0.29, 0.717) is 0 Å². The Balaban J connectivity index is 2.08. The van der Waals surface area contributed by atoms with Gasteiger partial charge in [0.25, 0.3) is 0 Å². The molecule has 1 aliphatic carbocycles. The van der Waals surface area contributed by atoms with Gasteiger partial charge in [-0.1, -0.05) is 6.42 Å². The smallest absolute Gasteiger partial charge is 0.0418 e. The monoisotopic (exact) mass is 245 g/mol. The minimum absolute atomic E-state index is 0.287. The summed E-state index contributed by atoms with van der Waals surface area (Å²) in [6.07, 6.45) is 4.00. The molecule has 0 bridgehead atoms. The normalized spacial score (nSPS) is 20.5. The van der Waals surface area contributed by atoms with Gasteiger partial charge in [-0.3, -0.25) is 0 Å². The van der Waals surface area contributed by atoms with Crippen LogP contribution in [0.25, 0.3) is 0 Å². The van der Waals surface area contributed by atoms with Gasteiger partial charge in [-0.25, -0.2) is 0 Å². The van der Waals surface area contributed by atoms with E-state index < -0.39 is 0 Å². The second-order valence-corrected chi connectivity index (χ2v) is 5.24. The van der Waals surface area contributed by atoms with Gasteiger partial charge in [0, 0.05) is 20.8 Å². The number of hydrogen-bond acceptors (Lipinski definition) is 2. The van der Waals surface area contributed by atoms with E-state index in [-0.39, 0.29) is 6.04 Å². The molecule has 1 aliphatic rings. The van der Waals surface area contributed by atoms with Gasteiger partial charge in [-0.2, -0.15) is 0 Å². The van der Waals surface area contributed by atoms with E-state index in [1.807, 2.05) is 0 Å². The molecule has 0 radical (unpaired) electrons. The number of thiophene rings is 1. The molecule has 1 fully saturated rings. The summed E-state index contributed by atoms with van der Waals surface area (Å²) in [5, 5.41) is 2.11. The Morgan fingerprint density at radius 2 is 2.33 bits per heavy atom. The van der Waals surface area contributed by atoms with Crippen LogP contribution in [0.15, 0.2) is 15.9 Å². The molecule has 0 saturated heterocycles. The Morgan fingerprint density at radius 1 is 1.58 bits per heavy atom. The third kappa shape index (κ3) is 1.58. The zero-order chi connectivity index (χ0) is 8.55. The van der Waals surface area contributed by atoms with Crippen molar-refractivity contribution in [3.8, 4) is 0 Å². The highest BCUT2D eigenvalue weighted by atomic mass is 79.9. The molecule has 1 aromatic rings. The highest BCUT2D eigenvalue weighted by Gasteiger charge is 2.26. The first-order valence-electron chi connectivity index (χ1n) is 4.27. The maximum atomic E-state index is 6.10. The summed E-state index contributed by atoms with van der Waals surface area (Å²) < 4.78 is 1.16. The number of nitrogens with two attached hydrogens (primary N) is 1. The summed E-state index contributed by atoms with van der Waals surface area (Å²) in [6.45, 7) is 0. The van der Waals surface area contributed by atoms with Crippen LogP contribution in [0.1, 0.15) is 30.2 Å². The molecule has 0 spiro atoms. The van der Waals surface area contributed by atoms with Crippen molar-refractivity contribution in [2.45, 2.75) is 25.3 Å². The lowest BCUT2D eigenvalue weighted by molar-refractivity contribution is 0.267. The standard InChI is InChI=1S/C9H12BrNS/c10-7-4-8(12-5-7)9(11)6-2-1-3-6/h4-6,9H,1-3,11H2. The van der Waals surface area contributed by atoms with E-state index >= 15 is 0 Å². The highest BCUT2D eigenvalue weighted by molar-refractivity contribution is 9.10. The summed E-state index contributed by atoms with van der Waals surface area (Å²) in [6, 6.07) is 2.43. The number of halogens is 1. The topological polar surface area (TPSA) is 26.0 Å². The minimum atomic E-state index is 0.287. The molecule has 2 rings (SSSR count). The predicted octanol–water partition coefficient (Wildman–Crippen LogP) is 3.31. The summed E-state index contributed by atoms with van der Waals surface area (Å²) in [4.78, 5) is 1.33. The zero-order valence-corrected chi connectivity index (χ0v) is 9.20. The average molecular weight is 246 g/mol. The molecule has 12 heavy (non-hydrogen) atoms. The number of hydrogen-bond donors (Lipinski definition) is 1. The van der Waals surface area contributed by atoms with Crippen LogP contribution >= 0.6 is 27.3 Å². The summed E-state index contributed by atoms with van der Waals surface area (Å²) in [5.74, 6) is 0.746. The molecule has 0 aromatic carbocycles. The molecule has 1 unspecified atom stereocenters. The van der Waals surface area contributed by atoms with Crippen molar-refractivity contribution in [2.75, 3.05) is 0 Å². The van der Waals surface area contributed by atoms with E-state index in [1.165, 1.54) is 24.1 Å². The first kappa shape index (κ1) is 8.73. The predicted molar refractivity (Wildman–Crippen MR) is 56.3 cm³/mol. The van der Waals surface area contributed by atoms with Crippen molar-refractivity contribution >= 4 is 27.3 Å². The quantitative estimate of drug-likeness (QED) is 0.851. The van der Waals surface area contributed by atoms with Crippen LogP contribution in [0.3, 0.4) is 0 Å². The Bertz CT molecular complexity index is 267. The van der Waals surface area contributed by atoms with E-state index in [9.17, 15) is 0 Å². The van der Waals surface area contributed by atoms with Gasteiger partial charge in [-0.05, 0) is 40.8 Å². The third-order valence-corrected chi connectivity index (χ3v) is 4.37. The lowest BCUT2D eigenvalue weighted by Crippen LogP contribution is -2.25. The van der Waals surface area contributed by atoms with E-state index in [0.717, 1.165) is 10.4 Å². The van der Waals surface area contributed by atoms with Crippen molar-refractivity contribution in [1.29, 1.82) is 0 Å². The van der Waals surface area contributed by atoms with E-state index in [1.54, 1.807) is 11.3 Å². The van der Waals surface area contributed by atoms with Crippen molar-refractivity contribution in [3.63, 3.8) is 0 Å². The molecule has 1 aromatic heterocycles. The maximum absolute atomic E-state index is 6.10. The van der Waals surface area contributed by atoms with Crippen molar-refractivity contribution in [1.82, 2.24) is 0 Å². The van der Waals surface area contributed by atoms with Crippen LogP contribution in [0.5, 0.6) is 0 Å². The van der Waals surface area contributed by atoms with Gasteiger partial charge in [0.15, 0.2) is 0 Å². The van der Waals surface area contributed by atoms with Crippen LogP contribution in [0, 0.1) is 5.92 Å². The van der Waals surface area contributed by atoms with Gasteiger partial charge in [0.1, 0.15) is 0 Å². The van der Waals surface area contributed by atoms with Crippen LogP contribution in [0.4, 0.5) is 0 Å². The Hall–Kier alpha value is 0.140. The second-order valence-electron chi connectivity index (χ2n) is 3.38. The minimum Gasteiger partial charge on any atom is -0.323 e. The average Bonchev–Trinajstić information content (AvgIpc) is 2.31. The SMILES string of the molecule is NC(c1cc(Br)cs1)C1CCC1. The fourth-order valence-electron chi connectivity index (χ4n) is 1.53. The van der Waals surface area contributed by atoms with Gasteiger partial charge < -0.3 is 5.73 Å². The lowest BCUT2D eigenvalue weighted by atomic mass is 9.79. The second kappa shape index (κ2) is 3.48. The van der Waals surface area contributed by atoms with Crippen LogP contribution in [-0.2, 0) is 0 Å². The fraction of sp³-hybridized carbons (Fsp3) is 0.556. The fourth-order valence-corrected chi connectivity index (χ4v) is 3.07. The molecule has 66 valence electrons. The van der Waals surface area contributed by atoms with Crippen molar-refractivity contribution in [3.05, 3.63) is 20.8 Å². The van der Waals surface area contributed by atoms with Crippen LogP contribution in [0.2, 0.25) is 0 Å². The Morgan fingerprint density at radius 3 is 2.75 bits per heavy atom. The first-order valence-corrected chi connectivity index (χ1v) is 5.94. The maximum Gasteiger partial charge on any atom is 0.0418 e. The van der Waals surface area contributed by atoms with E-state index in [4.69, 9.17) is 5.73 Å². The molecule has 2 N–H and O–H groups in total. The first-order chi connectivity index (χ1) is 5.77. The molecule has 1 saturated carbocycles. The van der Waals surface area contributed by atoms with Crippen LogP contribution < -0.4 is 5.73 Å². The summed E-state index contributed by atoms with van der Waals surface area (Å²) in [5.41, 5.74) is 6.10. The molecule has 1 heterocycles. The third-order valence-electron chi connectivity index (χ3n) is 2.57. The summed E-state index contributed by atoms with van der Waals surface area (Å²) in [7, 11) is 0. The van der Waals surface area contributed by atoms with Gasteiger partial charge >= 0.3 is 0 Å². The molecular formula is C9H12BrNS. The largest absolute Gasteiger partial charge is 0.323 e. The molecule has 0 aliphatic heterocycles. The molecule has 1 nitrogen and oxygen atoms in total. The summed E-state index contributed by atoms with van der Waals surface area (Å²) >= 11 is 5.21. The number of rotatable bonds is 2. The Labute approximate surface area is 85.1 Å².